The number of benzene rings is 2. The minimum absolute atomic E-state index is 0.809. The van der Waals surface area contributed by atoms with Gasteiger partial charge in [0.1, 0.15) is 5.82 Å². The monoisotopic (exact) mass is 410 g/mol. The largest absolute Gasteiger partial charge is 0.352 e. The molecule has 28 heavy (non-hydrogen) atoms. The van der Waals surface area contributed by atoms with E-state index in [0.717, 1.165) is 49.2 Å². The molecule has 4 rings (SSSR count). The molecule has 1 aliphatic heterocycles. The van der Waals surface area contributed by atoms with Crippen LogP contribution in [0.15, 0.2) is 48.5 Å². The molecule has 4 nitrogen and oxygen atoms in total. The lowest BCUT2D eigenvalue weighted by atomic mass is 10.1. The van der Waals surface area contributed by atoms with Gasteiger partial charge in [-0.1, -0.05) is 37.6 Å². The van der Waals surface area contributed by atoms with E-state index in [1.165, 1.54) is 28.5 Å². The van der Waals surface area contributed by atoms with Gasteiger partial charge in [-0.2, -0.15) is 4.37 Å². The number of anilines is 2. The highest BCUT2D eigenvalue weighted by Crippen LogP contribution is 2.29. The average Bonchev–Trinajstić information content (AvgIpc) is 3.17. The Bertz CT molecular complexity index is 927. The molecule has 3 aromatic rings. The Morgan fingerprint density at radius 3 is 2.57 bits per heavy atom. The summed E-state index contributed by atoms with van der Waals surface area (Å²) >= 11 is 7.24. The van der Waals surface area contributed by atoms with Crippen LogP contribution in [0.4, 0.5) is 11.5 Å². The van der Waals surface area contributed by atoms with Crippen LogP contribution in [0.2, 0.25) is 0 Å². The molecule has 1 fully saturated rings. The zero-order chi connectivity index (χ0) is 19.3. The summed E-state index contributed by atoms with van der Waals surface area (Å²) in [6, 6.07) is 17.1. The first-order chi connectivity index (χ1) is 13.7. The zero-order valence-electron chi connectivity index (χ0n) is 16.2. The third-order valence-electron chi connectivity index (χ3n) is 5.25. The molecule has 0 unspecified atom stereocenters. The van der Waals surface area contributed by atoms with Crippen molar-refractivity contribution in [3.05, 3.63) is 54.1 Å². The van der Waals surface area contributed by atoms with Crippen LogP contribution in [0, 0.1) is 0 Å². The number of hydrogen-bond donors (Lipinski definition) is 1. The molecule has 0 amide bonds. The minimum atomic E-state index is 0.809. The van der Waals surface area contributed by atoms with E-state index in [-0.39, 0.29) is 0 Å². The van der Waals surface area contributed by atoms with Crippen molar-refractivity contribution in [2.24, 2.45) is 0 Å². The van der Waals surface area contributed by atoms with Gasteiger partial charge in [0.2, 0.25) is 0 Å². The number of unbranched alkanes of at least 4 members (excludes halogenated alkanes) is 1. The Morgan fingerprint density at radius 2 is 1.82 bits per heavy atom. The number of piperazine rings is 1. The Labute approximate surface area is 176 Å². The Balaban J connectivity index is 1.32. The van der Waals surface area contributed by atoms with Crippen molar-refractivity contribution in [1.29, 1.82) is 0 Å². The standard InChI is InChI=1S/C22H26N4S2/c1-2-3-6-17-9-11-18(12-10-17)23-22(27)26-15-13-25(14-16-26)21-19-7-4-5-8-20(19)28-24-21/h4-5,7-12H,2-3,6,13-16H2,1H3,(H,23,27). The van der Waals surface area contributed by atoms with E-state index < -0.39 is 0 Å². The number of aromatic nitrogens is 1. The third-order valence-corrected chi connectivity index (χ3v) is 6.43. The van der Waals surface area contributed by atoms with Crippen LogP contribution in [-0.2, 0) is 6.42 Å². The highest BCUT2D eigenvalue weighted by Gasteiger charge is 2.22. The maximum atomic E-state index is 5.66. The van der Waals surface area contributed by atoms with Gasteiger partial charge in [-0.05, 0) is 66.4 Å². The smallest absolute Gasteiger partial charge is 0.173 e. The molecule has 0 bridgehead atoms. The lowest BCUT2D eigenvalue weighted by Crippen LogP contribution is -2.50. The highest BCUT2D eigenvalue weighted by atomic mass is 32.1. The number of aryl methyl sites for hydroxylation is 1. The molecule has 1 aliphatic rings. The molecule has 0 aliphatic carbocycles. The van der Waals surface area contributed by atoms with Crippen LogP contribution in [0.25, 0.3) is 10.1 Å². The SMILES string of the molecule is CCCCc1ccc(NC(=S)N2CCN(c3nsc4ccccc34)CC2)cc1. The average molecular weight is 411 g/mol. The van der Waals surface area contributed by atoms with Crippen LogP contribution < -0.4 is 10.2 Å². The van der Waals surface area contributed by atoms with Gasteiger partial charge >= 0.3 is 0 Å². The van der Waals surface area contributed by atoms with E-state index in [1.54, 1.807) is 11.5 Å². The second-order valence-corrected chi connectivity index (χ2v) is 8.40. The topological polar surface area (TPSA) is 31.4 Å². The molecule has 146 valence electrons. The number of thiocarbonyl (C=S) groups is 1. The summed E-state index contributed by atoms with van der Waals surface area (Å²) in [6.45, 7) is 5.92. The summed E-state index contributed by atoms with van der Waals surface area (Å²) < 4.78 is 5.94. The molecule has 1 N–H and O–H groups in total. The molecule has 2 aromatic carbocycles. The van der Waals surface area contributed by atoms with Gasteiger partial charge in [0.05, 0.1) is 4.70 Å². The van der Waals surface area contributed by atoms with Crippen LogP contribution >= 0.6 is 23.8 Å². The fourth-order valence-corrected chi connectivity index (χ4v) is 4.66. The molecule has 1 saturated heterocycles. The van der Waals surface area contributed by atoms with Crippen LogP contribution in [0.1, 0.15) is 25.3 Å². The quantitative estimate of drug-likeness (QED) is 0.587. The first-order valence-electron chi connectivity index (χ1n) is 9.99. The van der Waals surface area contributed by atoms with Crippen molar-refractivity contribution in [2.45, 2.75) is 26.2 Å². The summed E-state index contributed by atoms with van der Waals surface area (Å²) in [5.74, 6) is 1.11. The Hall–Kier alpha value is -2.18. The Kier molecular flexibility index (Phi) is 6.07. The summed E-state index contributed by atoms with van der Waals surface area (Å²) in [7, 11) is 0. The molecule has 0 atom stereocenters. The highest BCUT2D eigenvalue weighted by molar-refractivity contribution is 7.80. The van der Waals surface area contributed by atoms with Crippen molar-refractivity contribution in [3.8, 4) is 0 Å². The van der Waals surface area contributed by atoms with Crippen LogP contribution in [0.3, 0.4) is 0 Å². The fraction of sp³-hybridized carbons (Fsp3) is 0.364. The lowest BCUT2D eigenvalue weighted by molar-refractivity contribution is 0.390. The second kappa shape index (κ2) is 8.88. The normalized spacial score (nSPS) is 14.5. The molecule has 1 aromatic heterocycles. The van der Waals surface area contributed by atoms with Crippen molar-refractivity contribution < 1.29 is 0 Å². The van der Waals surface area contributed by atoms with E-state index in [0.29, 0.717) is 0 Å². The predicted octanol–water partition coefficient (Wildman–Crippen LogP) is 5.16. The number of fused-ring (bicyclic) bond motifs is 1. The molecule has 2 heterocycles. The van der Waals surface area contributed by atoms with Gasteiger partial charge in [-0.15, -0.1) is 0 Å². The maximum absolute atomic E-state index is 5.66. The number of nitrogens with zero attached hydrogens (tertiary/aromatic N) is 3. The zero-order valence-corrected chi connectivity index (χ0v) is 17.9. The van der Waals surface area contributed by atoms with Crippen molar-refractivity contribution in [1.82, 2.24) is 9.27 Å². The predicted molar refractivity (Wildman–Crippen MR) is 125 cm³/mol. The molecule has 0 spiro atoms. The van der Waals surface area contributed by atoms with Gasteiger partial charge < -0.3 is 15.1 Å². The summed E-state index contributed by atoms with van der Waals surface area (Å²) in [5, 5.41) is 5.46. The van der Waals surface area contributed by atoms with Gasteiger partial charge in [-0.3, -0.25) is 0 Å². The lowest BCUT2D eigenvalue weighted by Gasteiger charge is -2.36. The first-order valence-corrected chi connectivity index (χ1v) is 11.2. The van der Waals surface area contributed by atoms with Crippen molar-refractivity contribution in [2.75, 3.05) is 36.4 Å². The molecule has 0 radical (unpaired) electrons. The van der Waals surface area contributed by atoms with E-state index in [2.05, 4.69) is 74.9 Å². The van der Waals surface area contributed by atoms with Crippen molar-refractivity contribution >= 4 is 50.5 Å². The van der Waals surface area contributed by atoms with Gasteiger partial charge in [0.25, 0.3) is 0 Å². The van der Waals surface area contributed by atoms with Crippen LogP contribution in [0.5, 0.6) is 0 Å². The fourth-order valence-electron chi connectivity index (χ4n) is 3.56. The summed E-state index contributed by atoms with van der Waals surface area (Å²) in [6.07, 6.45) is 3.62. The molecule has 6 heteroatoms. The van der Waals surface area contributed by atoms with E-state index in [9.17, 15) is 0 Å². The number of nitrogens with one attached hydrogen (secondary N) is 1. The number of rotatable bonds is 5. The Morgan fingerprint density at radius 1 is 1.07 bits per heavy atom. The summed E-state index contributed by atoms with van der Waals surface area (Å²) in [4.78, 5) is 4.63. The molecular weight excluding hydrogens is 384 g/mol. The van der Waals surface area contributed by atoms with Crippen molar-refractivity contribution in [3.63, 3.8) is 0 Å². The van der Waals surface area contributed by atoms with E-state index in [1.807, 2.05) is 0 Å². The molecule has 0 saturated carbocycles. The minimum Gasteiger partial charge on any atom is -0.352 e. The number of hydrogen-bond acceptors (Lipinski definition) is 4. The van der Waals surface area contributed by atoms with Gasteiger partial charge in [-0.25, -0.2) is 0 Å². The van der Waals surface area contributed by atoms with Gasteiger partial charge in [0.15, 0.2) is 5.11 Å². The second-order valence-electron chi connectivity index (χ2n) is 7.21. The molecular formula is C22H26N4S2. The third kappa shape index (κ3) is 4.28. The van der Waals surface area contributed by atoms with Gasteiger partial charge in [0, 0.05) is 37.3 Å². The first kappa shape index (κ1) is 19.2. The van der Waals surface area contributed by atoms with Crippen LogP contribution in [-0.4, -0.2) is 40.6 Å². The van der Waals surface area contributed by atoms with E-state index >= 15 is 0 Å². The van der Waals surface area contributed by atoms with E-state index in [4.69, 9.17) is 12.2 Å². The summed E-state index contributed by atoms with van der Waals surface area (Å²) in [5.41, 5.74) is 2.46. The maximum Gasteiger partial charge on any atom is 0.173 e.